The molecule has 0 radical (unpaired) electrons. The minimum absolute atomic E-state index is 0.0833. The summed E-state index contributed by atoms with van der Waals surface area (Å²) in [7, 11) is 0. The number of imidazole rings is 1. The molecule has 0 aliphatic carbocycles. The number of aromatic nitrogens is 2. The average Bonchev–Trinajstić information content (AvgIpc) is 2.91. The van der Waals surface area contributed by atoms with Crippen molar-refractivity contribution in [2.24, 2.45) is 0 Å². The first kappa shape index (κ1) is 15.3. The number of alkyl halides is 3. The van der Waals surface area contributed by atoms with E-state index in [-0.39, 0.29) is 12.3 Å². The van der Waals surface area contributed by atoms with Crippen LogP contribution in [0, 0.1) is 0 Å². The molecular weight excluding hydrogens is 281 g/mol. The van der Waals surface area contributed by atoms with E-state index in [4.69, 9.17) is 0 Å². The number of hydrogen-bond acceptors (Lipinski definition) is 2. The second kappa shape index (κ2) is 6.56. The summed E-state index contributed by atoms with van der Waals surface area (Å²) in [5.41, 5.74) is 0.154. The van der Waals surface area contributed by atoms with Crippen LogP contribution >= 0.6 is 0 Å². The monoisotopic (exact) mass is 296 g/mol. The number of halogens is 3. The van der Waals surface area contributed by atoms with E-state index in [1.807, 2.05) is 0 Å². The van der Waals surface area contributed by atoms with Crippen molar-refractivity contribution in [2.75, 3.05) is 0 Å². The van der Waals surface area contributed by atoms with Crippen LogP contribution in [0.25, 0.3) is 0 Å². The quantitative estimate of drug-likeness (QED) is 0.818. The molecule has 0 atom stereocenters. The lowest BCUT2D eigenvalue weighted by atomic mass is 10.0. The molecule has 0 unspecified atom stereocenters. The van der Waals surface area contributed by atoms with Crippen molar-refractivity contribution in [3.05, 3.63) is 54.1 Å². The molecule has 0 aliphatic heterocycles. The zero-order valence-electron chi connectivity index (χ0n) is 11.3. The molecule has 0 fully saturated rings. The summed E-state index contributed by atoms with van der Waals surface area (Å²) in [6.07, 6.45) is 2.21. The average molecular weight is 296 g/mol. The predicted molar refractivity (Wildman–Crippen MR) is 71.6 cm³/mol. The number of Topliss-reactive ketones (excluding diaryl/α,β-unsaturated/α-hetero) is 1. The summed E-state index contributed by atoms with van der Waals surface area (Å²) in [5, 5.41) is 0. The normalized spacial score (nSPS) is 11.6. The van der Waals surface area contributed by atoms with E-state index in [2.05, 4.69) is 4.98 Å². The van der Waals surface area contributed by atoms with Crippen LogP contribution in [0.5, 0.6) is 0 Å². The lowest BCUT2D eigenvalue weighted by Gasteiger charge is -2.07. The number of hydrogen-bond donors (Lipinski definition) is 0. The number of benzene rings is 1. The third-order valence-electron chi connectivity index (χ3n) is 3.12. The van der Waals surface area contributed by atoms with Crippen LogP contribution in [-0.4, -0.2) is 15.3 Å². The van der Waals surface area contributed by atoms with Gasteiger partial charge in [-0.1, -0.05) is 12.1 Å². The van der Waals surface area contributed by atoms with Crippen LogP contribution in [-0.2, 0) is 23.9 Å². The first-order valence-corrected chi connectivity index (χ1v) is 6.59. The lowest BCUT2D eigenvalue weighted by molar-refractivity contribution is -0.137. The van der Waals surface area contributed by atoms with Gasteiger partial charge in [0.25, 0.3) is 0 Å². The van der Waals surface area contributed by atoms with Gasteiger partial charge in [0.1, 0.15) is 0 Å². The zero-order chi connectivity index (χ0) is 15.3. The molecule has 1 aromatic heterocycles. The van der Waals surface area contributed by atoms with Gasteiger partial charge in [-0.2, -0.15) is 13.2 Å². The van der Waals surface area contributed by atoms with Crippen molar-refractivity contribution >= 4 is 5.78 Å². The van der Waals surface area contributed by atoms with Crippen LogP contribution in [0.3, 0.4) is 0 Å². The Morgan fingerprint density at radius 3 is 2.48 bits per heavy atom. The number of ketones is 1. The molecule has 2 aromatic rings. The van der Waals surface area contributed by atoms with Crippen molar-refractivity contribution in [3.63, 3.8) is 0 Å². The fraction of sp³-hybridized carbons (Fsp3) is 0.333. The van der Waals surface area contributed by atoms with Crippen molar-refractivity contribution in [1.82, 2.24) is 9.55 Å². The highest BCUT2D eigenvalue weighted by Gasteiger charge is 2.29. The first-order chi connectivity index (χ1) is 9.95. The van der Waals surface area contributed by atoms with Crippen molar-refractivity contribution in [1.29, 1.82) is 0 Å². The van der Waals surface area contributed by atoms with E-state index in [0.29, 0.717) is 19.3 Å². The molecule has 2 rings (SSSR count). The van der Waals surface area contributed by atoms with Gasteiger partial charge >= 0.3 is 6.18 Å². The summed E-state index contributed by atoms with van der Waals surface area (Å²) in [4.78, 5) is 15.5. The van der Waals surface area contributed by atoms with Gasteiger partial charge in [-0.3, -0.25) is 4.79 Å². The second-order valence-electron chi connectivity index (χ2n) is 4.82. The fourth-order valence-electron chi connectivity index (χ4n) is 2.01. The highest BCUT2D eigenvalue weighted by molar-refractivity contribution is 5.78. The molecule has 1 aromatic carbocycles. The first-order valence-electron chi connectivity index (χ1n) is 6.59. The minimum Gasteiger partial charge on any atom is -0.330 e. The van der Waals surface area contributed by atoms with Crippen LogP contribution in [0.4, 0.5) is 13.2 Å². The van der Waals surface area contributed by atoms with E-state index >= 15 is 0 Å². The molecule has 0 spiro atoms. The topological polar surface area (TPSA) is 34.9 Å². The van der Waals surface area contributed by atoms with Crippen molar-refractivity contribution < 1.29 is 18.0 Å². The number of carbonyl (C=O) groups is 1. The van der Waals surface area contributed by atoms with Crippen LogP contribution in [0.15, 0.2) is 43.0 Å². The largest absolute Gasteiger partial charge is 0.416 e. The van der Waals surface area contributed by atoms with E-state index < -0.39 is 11.7 Å². The summed E-state index contributed by atoms with van der Waals surface area (Å²) >= 11 is 0. The number of rotatable bonds is 6. The Morgan fingerprint density at radius 1 is 1.19 bits per heavy atom. The molecule has 0 saturated carbocycles. The van der Waals surface area contributed by atoms with E-state index in [0.717, 1.165) is 17.7 Å². The van der Waals surface area contributed by atoms with Crippen LogP contribution in [0.2, 0.25) is 0 Å². The lowest BCUT2D eigenvalue weighted by Crippen LogP contribution is -2.08. The van der Waals surface area contributed by atoms with Gasteiger partial charge in [0.2, 0.25) is 0 Å². The van der Waals surface area contributed by atoms with Gasteiger partial charge in [-0.25, -0.2) is 4.98 Å². The Labute approximate surface area is 120 Å². The molecule has 0 saturated heterocycles. The predicted octanol–water partition coefficient (Wildman–Crippen LogP) is 3.49. The summed E-state index contributed by atoms with van der Waals surface area (Å²) in [6, 6.07) is 5.07. The van der Waals surface area contributed by atoms with Crippen molar-refractivity contribution in [3.8, 4) is 0 Å². The van der Waals surface area contributed by atoms with Gasteiger partial charge < -0.3 is 4.57 Å². The third-order valence-corrected chi connectivity index (χ3v) is 3.12. The van der Waals surface area contributed by atoms with E-state index in [9.17, 15) is 18.0 Å². The Morgan fingerprint density at radius 2 is 1.90 bits per heavy atom. The minimum atomic E-state index is -4.31. The smallest absolute Gasteiger partial charge is 0.330 e. The van der Waals surface area contributed by atoms with Gasteiger partial charge in [0.05, 0.1) is 18.4 Å². The molecule has 0 N–H and O–H groups in total. The van der Waals surface area contributed by atoms with E-state index in [1.165, 1.54) is 12.1 Å². The highest BCUT2D eigenvalue weighted by atomic mass is 19.4. The zero-order valence-corrected chi connectivity index (χ0v) is 11.3. The summed E-state index contributed by atoms with van der Waals surface area (Å²) in [6.45, 7) is 0.285. The van der Waals surface area contributed by atoms with Crippen LogP contribution < -0.4 is 0 Å². The maximum Gasteiger partial charge on any atom is 0.416 e. The number of nitrogens with zero attached hydrogens (tertiary/aromatic N) is 2. The SMILES string of the molecule is O=C(CCCc1ccc(C(F)(F)F)cc1)Cn1ccnc1. The molecule has 6 heteroatoms. The molecule has 21 heavy (non-hydrogen) atoms. The molecular formula is C15H15F3N2O. The molecule has 1 heterocycles. The van der Waals surface area contributed by atoms with Gasteiger partial charge in [0.15, 0.2) is 5.78 Å². The highest BCUT2D eigenvalue weighted by Crippen LogP contribution is 2.29. The molecule has 0 bridgehead atoms. The molecule has 0 amide bonds. The maximum absolute atomic E-state index is 12.4. The third kappa shape index (κ3) is 4.73. The second-order valence-corrected chi connectivity index (χ2v) is 4.82. The molecule has 0 aliphatic rings. The molecule has 112 valence electrons. The number of aryl methyl sites for hydroxylation is 1. The van der Waals surface area contributed by atoms with E-state index in [1.54, 1.807) is 23.3 Å². The Bertz CT molecular complexity index is 574. The van der Waals surface area contributed by atoms with Crippen LogP contribution in [0.1, 0.15) is 24.0 Å². The molecule has 3 nitrogen and oxygen atoms in total. The standard InChI is InChI=1S/C15H15F3N2O/c16-15(17,18)13-6-4-12(5-7-13)2-1-3-14(21)10-20-9-8-19-11-20/h4-9,11H,1-3,10H2. The van der Waals surface area contributed by atoms with Gasteiger partial charge in [0, 0.05) is 18.8 Å². The Kier molecular flexibility index (Phi) is 4.77. The fourth-order valence-corrected chi connectivity index (χ4v) is 2.01. The summed E-state index contributed by atoms with van der Waals surface area (Å²) < 4.78 is 38.9. The Balaban J connectivity index is 1.77. The Hall–Kier alpha value is -2.11. The van der Waals surface area contributed by atoms with Gasteiger partial charge in [-0.15, -0.1) is 0 Å². The van der Waals surface area contributed by atoms with Gasteiger partial charge in [-0.05, 0) is 30.5 Å². The summed E-state index contributed by atoms with van der Waals surface area (Å²) in [5.74, 6) is 0.0833. The number of carbonyl (C=O) groups excluding carboxylic acids is 1. The van der Waals surface area contributed by atoms with Crippen molar-refractivity contribution in [2.45, 2.75) is 32.0 Å². The maximum atomic E-state index is 12.4.